The molecule has 76 valence electrons. The van der Waals surface area contributed by atoms with Crippen LogP contribution in [0, 0.1) is 6.92 Å². The van der Waals surface area contributed by atoms with Crippen LogP contribution in [0.15, 0.2) is 12.4 Å². The van der Waals surface area contributed by atoms with Crippen molar-refractivity contribution in [2.75, 3.05) is 38.1 Å². The van der Waals surface area contributed by atoms with E-state index in [-0.39, 0.29) is 0 Å². The maximum atomic E-state index is 4.47. The Morgan fingerprint density at radius 1 is 1.14 bits per heavy atom. The molecule has 0 atom stereocenters. The molecule has 1 aliphatic heterocycles. The van der Waals surface area contributed by atoms with E-state index in [1.165, 1.54) is 0 Å². The van der Waals surface area contributed by atoms with Crippen LogP contribution in [0.5, 0.6) is 0 Å². The molecule has 0 unspecified atom stereocenters. The van der Waals surface area contributed by atoms with E-state index in [2.05, 4.69) is 26.8 Å². The molecule has 0 aromatic carbocycles. The Labute approximate surface area is 84.6 Å². The Morgan fingerprint density at radius 3 is 2.50 bits per heavy atom. The van der Waals surface area contributed by atoms with E-state index in [0.717, 1.165) is 37.7 Å². The molecule has 4 heteroatoms. The summed E-state index contributed by atoms with van der Waals surface area (Å²) in [6.07, 6.45) is 3.64. The van der Waals surface area contributed by atoms with Gasteiger partial charge in [0, 0.05) is 32.4 Å². The molecule has 0 radical (unpaired) electrons. The highest BCUT2D eigenvalue weighted by Gasteiger charge is 2.15. The largest absolute Gasteiger partial charge is 0.353 e. The summed E-state index contributed by atoms with van der Waals surface area (Å²) in [6, 6.07) is 0. The van der Waals surface area contributed by atoms with Crippen molar-refractivity contribution >= 4 is 5.82 Å². The highest BCUT2D eigenvalue weighted by molar-refractivity contribution is 5.36. The molecule has 4 nitrogen and oxygen atoms in total. The molecule has 1 aromatic heterocycles. The van der Waals surface area contributed by atoms with E-state index in [4.69, 9.17) is 0 Å². The van der Waals surface area contributed by atoms with Gasteiger partial charge in [0.25, 0.3) is 0 Å². The number of rotatable bonds is 1. The number of aromatic nitrogens is 2. The van der Waals surface area contributed by atoms with Gasteiger partial charge in [0.1, 0.15) is 5.82 Å². The van der Waals surface area contributed by atoms with Gasteiger partial charge in [0.05, 0.1) is 11.9 Å². The lowest BCUT2D eigenvalue weighted by molar-refractivity contribution is 0.312. The van der Waals surface area contributed by atoms with E-state index in [1.54, 1.807) is 6.20 Å². The lowest BCUT2D eigenvalue weighted by Gasteiger charge is -2.33. The molecule has 0 aliphatic carbocycles. The smallest absolute Gasteiger partial charge is 0.147 e. The fourth-order valence-corrected chi connectivity index (χ4v) is 1.64. The number of hydrogen-bond acceptors (Lipinski definition) is 4. The molecule has 1 aromatic rings. The van der Waals surface area contributed by atoms with Crippen molar-refractivity contribution in [2.24, 2.45) is 0 Å². The van der Waals surface area contributed by atoms with Crippen LogP contribution in [0.4, 0.5) is 5.82 Å². The van der Waals surface area contributed by atoms with Crippen LogP contribution in [-0.4, -0.2) is 48.1 Å². The van der Waals surface area contributed by atoms with Crippen LogP contribution in [0.2, 0.25) is 0 Å². The molecule has 0 N–H and O–H groups in total. The summed E-state index contributed by atoms with van der Waals surface area (Å²) in [6.45, 7) is 6.29. The molecule has 1 aliphatic rings. The van der Waals surface area contributed by atoms with Gasteiger partial charge in [-0.3, -0.25) is 4.98 Å². The van der Waals surface area contributed by atoms with Crippen molar-refractivity contribution in [3.05, 3.63) is 18.1 Å². The Kier molecular flexibility index (Phi) is 2.63. The van der Waals surface area contributed by atoms with E-state index in [9.17, 15) is 0 Å². The van der Waals surface area contributed by atoms with Crippen LogP contribution < -0.4 is 4.90 Å². The van der Waals surface area contributed by atoms with Gasteiger partial charge in [-0.25, -0.2) is 4.98 Å². The molecule has 1 fully saturated rings. The van der Waals surface area contributed by atoms with Gasteiger partial charge < -0.3 is 9.80 Å². The van der Waals surface area contributed by atoms with Gasteiger partial charge in [-0.05, 0) is 14.0 Å². The third-order valence-corrected chi connectivity index (χ3v) is 2.57. The summed E-state index contributed by atoms with van der Waals surface area (Å²) in [7, 11) is 2.15. The van der Waals surface area contributed by atoms with E-state index in [1.807, 2.05) is 13.1 Å². The normalized spacial score (nSPS) is 18.6. The van der Waals surface area contributed by atoms with E-state index >= 15 is 0 Å². The van der Waals surface area contributed by atoms with Gasteiger partial charge in [-0.2, -0.15) is 0 Å². The van der Waals surface area contributed by atoms with Crippen molar-refractivity contribution in [3.8, 4) is 0 Å². The van der Waals surface area contributed by atoms with Gasteiger partial charge >= 0.3 is 0 Å². The number of nitrogens with zero attached hydrogens (tertiary/aromatic N) is 4. The molecule has 2 heterocycles. The Morgan fingerprint density at radius 2 is 1.86 bits per heavy atom. The maximum absolute atomic E-state index is 4.47. The van der Waals surface area contributed by atoms with Crippen molar-refractivity contribution in [1.82, 2.24) is 14.9 Å². The quantitative estimate of drug-likeness (QED) is 0.650. The second-order valence-corrected chi connectivity index (χ2v) is 3.81. The number of anilines is 1. The SMILES string of the molecule is Cc1cncc(N2CCN(C)CC2)n1. The monoisotopic (exact) mass is 192 g/mol. The van der Waals surface area contributed by atoms with Gasteiger partial charge in [-0.1, -0.05) is 0 Å². The van der Waals surface area contributed by atoms with Crippen molar-refractivity contribution < 1.29 is 0 Å². The molecular weight excluding hydrogens is 176 g/mol. The fourth-order valence-electron chi connectivity index (χ4n) is 1.64. The minimum atomic E-state index is 0.987. The van der Waals surface area contributed by atoms with Crippen molar-refractivity contribution in [3.63, 3.8) is 0 Å². The van der Waals surface area contributed by atoms with Crippen LogP contribution in [0.3, 0.4) is 0 Å². The molecule has 0 amide bonds. The average Bonchev–Trinajstić information content (AvgIpc) is 2.19. The van der Waals surface area contributed by atoms with Crippen LogP contribution in [0.1, 0.15) is 5.69 Å². The third kappa shape index (κ3) is 2.01. The topological polar surface area (TPSA) is 32.3 Å². The standard InChI is InChI=1S/C10H16N4/c1-9-7-11-8-10(12-9)14-5-3-13(2)4-6-14/h7-8H,3-6H2,1-2H3. The number of aryl methyl sites for hydroxylation is 1. The first-order valence-electron chi connectivity index (χ1n) is 4.98. The predicted octanol–water partition coefficient (Wildman–Crippen LogP) is 0.537. The molecule has 2 rings (SSSR count). The molecule has 14 heavy (non-hydrogen) atoms. The molecule has 0 bridgehead atoms. The average molecular weight is 192 g/mol. The van der Waals surface area contributed by atoms with Gasteiger partial charge in [-0.15, -0.1) is 0 Å². The molecule has 1 saturated heterocycles. The Hall–Kier alpha value is -1.16. The summed E-state index contributed by atoms with van der Waals surface area (Å²) in [5.74, 6) is 1.01. The second-order valence-electron chi connectivity index (χ2n) is 3.81. The molecule has 0 saturated carbocycles. The predicted molar refractivity (Wildman–Crippen MR) is 56.5 cm³/mol. The zero-order valence-electron chi connectivity index (χ0n) is 8.77. The zero-order valence-corrected chi connectivity index (χ0v) is 8.77. The lowest BCUT2D eigenvalue weighted by atomic mass is 10.3. The van der Waals surface area contributed by atoms with Crippen molar-refractivity contribution in [1.29, 1.82) is 0 Å². The number of likely N-dealkylation sites (N-methyl/N-ethyl adjacent to an activating group) is 1. The summed E-state index contributed by atoms with van der Waals surface area (Å²) in [4.78, 5) is 13.3. The van der Waals surface area contributed by atoms with E-state index in [0.29, 0.717) is 0 Å². The summed E-state index contributed by atoms with van der Waals surface area (Å²) in [5.41, 5.74) is 0.987. The summed E-state index contributed by atoms with van der Waals surface area (Å²) >= 11 is 0. The fraction of sp³-hybridized carbons (Fsp3) is 0.600. The van der Waals surface area contributed by atoms with Crippen LogP contribution in [0.25, 0.3) is 0 Å². The first kappa shape index (κ1) is 9.40. The first-order chi connectivity index (χ1) is 6.75. The van der Waals surface area contributed by atoms with Crippen molar-refractivity contribution in [2.45, 2.75) is 6.92 Å². The van der Waals surface area contributed by atoms with E-state index < -0.39 is 0 Å². The Balaban J connectivity index is 2.08. The maximum Gasteiger partial charge on any atom is 0.147 e. The van der Waals surface area contributed by atoms with Crippen LogP contribution in [-0.2, 0) is 0 Å². The number of hydrogen-bond donors (Lipinski definition) is 0. The van der Waals surface area contributed by atoms with Crippen LogP contribution >= 0.6 is 0 Å². The minimum absolute atomic E-state index is 0.987. The molecular formula is C10H16N4. The third-order valence-electron chi connectivity index (χ3n) is 2.57. The lowest BCUT2D eigenvalue weighted by Crippen LogP contribution is -2.44. The summed E-state index contributed by atoms with van der Waals surface area (Å²) < 4.78 is 0. The second kappa shape index (κ2) is 3.92. The highest BCUT2D eigenvalue weighted by Crippen LogP contribution is 2.11. The first-order valence-corrected chi connectivity index (χ1v) is 4.98. The van der Waals surface area contributed by atoms with Gasteiger partial charge in [0.15, 0.2) is 0 Å². The Bertz CT molecular complexity index is 305. The minimum Gasteiger partial charge on any atom is -0.353 e. The molecule has 0 spiro atoms. The number of piperazine rings is 1. The zero-order chi connectivity index (χ0) is 9.97. The highest BCUT2D eigenvalue weighted by atomic mass is 15.3. The summed E-state index contributed by atoms with van der Waals surface area (Å²) in [5, 5.41) is 0. The van der Waals surface area contributed by atoms with Gasteiger partial charge in [0.2, 0.25) is 0 Å².